The van der Waals surface area contributed by atoms with Crippen LogP contribution in [-0.2, 0) is 4.79 Å². The number of nitrogens with one attached hydrogen (secondary N) is 1. The van der Waals surface area contributed by atoms with Crippen molar-refractivity contribution < 1.29 is 4.79 Å². The first-order valence-electron chi connectivity index (χ1n) is 10.1. The summed E-state index contributed by atoms with van der Waals surface area (Å²) in [5.41, 5.74) is 2.49. The van der Waals surface area contributed by atoms with Gasteiger partial charge in [0.15, 0.2) is 4.80 Å². The Balaban J connectivity index is 1.68. The van der Waals surface area contributed by atoms with E-state index in [4.69, 9.17) is 0 Å². The third-order valence-electron chi connectivity index (χ3n) is 5.23. The minimum Gasteiger partial charge on any atom is -0.322 e. The van der Waals surface area contributed by atoms with Crippen molar-refractivity contribution in [2.24, 2.45) is 4.99 Å². The van der Waals surface area contributed by atoms with Crippen molar-refractivity contribution in [3.8, 4) is 0 Å². The van der Waals surface area contributed by atoms with E-state index in [1.807, 2.05) is 91.2 Å². The quantitative estimate of drug-likeness (QED) is 0.505. The summed E-state index contributed by atoms with van der Waals surface area (Å²) in [6.45, 7) is 1.83. The first-order chi connectivity index (χ1) is 15.6. The Morgan fingerprint density at radius 3 is 2.44 bits per heavy atom. The number of hydrogen-bond donors (Lipinski definition) is 1. The zero-order valence-electron chi connectivity index (χ0n) is 17.2. The number of benzene rings is 2. The van der Waals surface area contributed by atoms with Crippen LogP contribution in [0.5, 0.6) is 0 Å². The molecule has 0 bridgehead atoms. The minimum atomic E-state index is -0.554. The van der Waals surface area contributed by atoms with Gasteiger partial charge in [-0.2, -0.15) is 0 Å². The lowest BCUT2D eigenvalue weighted by Gasteiger charge is -2.25. The largest absolute Gasteiger partial charge is 0.322 e. The molecule has 1 amide bonds. The fourth-order valence-electron chi connectivity index (χ4n) is 3.79. The molecule has 0 spiro atoms. The summed E-state index contributed by atoms with van der Waals surface area (Å²) in [4.78, 5) is 33.1. The Labute approximate surface area is 192 Å². The lowest BCUT2D eigenvalue weighted by molar-refractivity contribution is -0.113. The maximum Gasteiger partial charge on any atom is 0.271 e. The Bertz CT molecular complexity index is 1480. The topological polar surface area (TPSA) is 63.5 Å². The predicted molar refractivity (Wildman–Crippen MR) is 130 cm³/mol. The van der Waals surface area contributed by atoms with E-state index < -0.39 is 6.04 Å². The van der Waals surface area contributed by atoms with Gasteiger partial charge in [-0.3, -0.25) is 14.2 Å². The number of rotatable bonds is 4. The van der Waals surface area contributed by atoms with Gasteiger partial charge in [0.1, 0.15) is 0 Å². The van der Waals surface area contributed by atoms with Crippen molar-refractivity contribution in [3.05, 3.63) is 120 Å². The number of thiophene rings is 1. The lowest BCUT2D eigenvalue weighted by Crippen LogP contribution is -2.40. The SMILES string of the molecule is CC1=C(C(=O)Nc2ccccc2)[C@H](c2ccccc2)n2c(s/c(=C/c3cccs3)c2=O)=N1. The van der Waals surface area contributed by atoms with E-state index in [9.17, 15) is 9.59 Å². The third-order valence-corrected chi connectivity index (χ3v) is 7.03. The smallest absolute Gasteiger partial charge is 0.271 e. The summed E-state index contributed by atoms with van der Waals surface area (Å²) in [7, 11) is 0. The van der Waals surface area contributed by atoms with Crippen LogP contribution in [-0.4, -0.2) is 10.5 Å². The van der Waals surface area contributed by atoms with E-state index in [1.165, 1.54) is 11.3 Å². The highest BCUT2D eigenvalue weighted by Crippen LogP contribution is 2.30. The third kappa shape index (κ3) is 3.77. The molecule has 3 heterocycles. The molecule has 1 aliphatic rings. The van der Waals surface area contributed by atoms with Crippen LogP contribution in [0.1, 0.15) is 23.4 Å². The van der Waals surface area contributed by atoms with Crippen molar-refractivity contribution in [2.45, 2.75) is 13.0 Å². The molecule has 4 aromatic rings. The summed E-state index contributed by atoms with van der Waals surface area (Å²) in [5.74, 6) is -0.265. The molecule has 32 heavy (non-hydrogen) atoms. The number of fused-ring (bicyclic) bond motifs is 1. The van der Waals surface area contributed by atoms with Crippen LogP contribution >= 0.6 is 22.7 Å². The molecule has 2 aromatic heterocycles. The average Bonchev–Trinajstić information content (AvgIpc) is 3.42. The van der Waals surface area contributed by atoms with Gasteiger partial charge in [0.05, 0.1) is 21.8 Å². The minimum absolute atomic E-state index is 0.145. The van der Waals surface area contributed by atoms with E-state index in [0.29, 0.717) is 26.3 Å². The second-order valence-corrected chi connectivity index (χ2v) is 9.32. The normalized spacial score (nSPS) is 15.9. The average molecular weight is 458 g/mol. The van der Waals surface area contributed by atoms with Crippen molar-refractivity contribution in [3.63, 3.8) is 0 Å². The fraction of sp³-hybridized carbons (Fsp3) is 0.0800. The maximum atomic E-state index is 13.5. The first kappa shape index (κ1) is 20.4. The highest BCUT2D eigenvalue weighted by Gasteiger charge is 2.32. The van der Waals surface area contributed by atoms with Gasteiger partial charge in [0, 0.05) is 10.6 Å². The van der Waals surface area contributed by atoms with Crippen LogP contribution in [0.2, 0.25) is 0 Å². The molecule has 7 heteroatoms. The summed E-state index contributed by atoms with van der Waals surface area (Å²) in [6.07, 6.45) is 1.89. The molecular weight excluding hydrogens is 438 g/mol. The van der Waals surface area contributed by atoms with Crippen LogP contribution in [0.25, 0.3) is 6.08 Å². The van der Waals surface area contributed by atoms with Gasteiger partial charge in [-0.25, -0.2) is 4.99 Å². The van der Waals surface area contributed by atoms with Gasteiger partial charge in [-0.1, -0.05) is 65.9 Å². The van der Waals surface area contributed by atoms with Gasteiger partial charge in [-0.05, 0) is 42.1 Å². The van der Waals surface area contributed by atoms with Crippen LogP contribution in [0.15, 0.2) is 99.2 Å². The summed E-state index contributed by atoms with van der Waals surface area (Å²) in [6, 6.07) is 22.3. The molecule has 0 fully saturated rings. The molecule has 5 rings (SSSR count). The number of hydrogen-bond acceptors (Lipinski definition) is 5. The summed E-state index contributed by atoms with van der Waals surface area (Å²) >= 11 is 2.92. The standard InChI is InChI=1S/C25H19N3O2S2/c1-16-21(23(29)27-18-11-6-3-7-12-18)22(17-9-4-2-5-10-17)28-24(30)20(32-25(28)26-16)15-19-13-8-14-31-19/h2-15,22H,1H3,(H,27,29)/b20-15+/t22-/m0/s1. The van der Waals surface area contributed by atoms with Crippen LogP contribution < -0.4 is 20.2 Å². The van der Waals surface area contributed by atoms with Crippen molar-refractivity contribution in [1.82, 2.24) is 4.57 Å². The summed E-state index contributed by atoms with van der Waals surface area (Å²) < 4.78 is 2.25. The molecular formula is C25H19N3O2S2. The van der Waals surface area contributed by atoms with Gasteiger partial charge in [0.25, 0.3) is 11.5 Å². The number of nitrogens with zero attached hydrogens (tertiary/aromatic N) is 2. The van der Waals surface area contributed by atoms with Gasteiger partial charge >= 0.3 is 0 Å². The number of amides is 1. The number of para-hydroxylation sites is 1. The Hall–Kier alpha value is -3.55. The summed E-state index contributed by atoms with van der Waals surface area (Å²) in [5, 5.41) is 4.94. The molecule has 158 valence electrons. The van der Waals surface area contributed by atoms with Crippen molar-refractivity contribution in [1.29, 1.82) is 0 Å². The maximum absolute atomic E-state index is 13.5. The van der Waals surface area contributed by atoms with Crippen LogP contribution in [0.4, 0.5) is 5.69 Å². The fourth-order valence-corrected chi connectivity index (χ4v) is 5.55. The van der Waals surface area contributed by atoms with Crippen LogP contribution in [0.3, 0.4) is 0 Å². The zero-order valence-corrected chi connectivity index (χ0v) is 18.8. The van der Waals surface area contributed by atoms with E-state index in [2.05, 4.69) is 10.3 Å². The Kier molecular flexibility index (Phi) is 5.43. The molecule has 0 unspecified atom stereocenters. The van der Waals surface area contributed by atoms with Crippen molar-refractivity contribution in [2.75, 3.05) is 5.32 Å². The van der Waals surface area contributed by atoms with E-state index in [1.54, 1.807) is 15.9 Å². The molecule has 0 aliphatic carbocycles. The molecule has 2 aromatic carbocycles. The van der Waals surface area contributed by atoms with E-state index in [-0.39, 0.29) is 11.5 Å². The molecule has 1 N–H and O–H groups in total. The molecule has 1 aliphatic heterocycles. The first-order valence-corrected chi connectivity index (χ1v) is 11.8. The monoisotopic (exact) mass is 457 g/mol. The number of anilines is 1. The molecule has 0 radical (unpaired) electrons. The van der Waals surface area contributed by atoms with E-state index in [0.717, 1.165) is 10.4 Å². The Morgan fingerprint density at radius 1 is 1.03 bits per heavy atom. The highest BCUT2D eigenvalue weighted by molar-refractivity contribution is 7.11. The molecule has 0 saturated heterocycles. The highest BCUT2D eigenvalue weighted by atomic mass is 32.1. The molecule has 0 saturated carbocycles. The van der Waals surface area contributed by atoms with Crippen molar-refractivity contribution >= 4 is 40.3 Å². The molecule has 5 nitrogen and oxygen atoms in total. The Morgan fingerprint density at radius 2 is 1.75 bits per heavy atom. The lowest BCUT2D eigenvalue weighted by atomic mass is 9.95. The number of thiazole rings is 1. The number of aromatic nitrogens is 1. The van der Waals surface area contributed by atoms with Gasteiger partial charge < -0.3 is 5.32 Å². The van der Waals surface area contributed by atoms with E-state index >= 15 is 0 Å². The van der Waals surface area contributed by atoms with Crippen LogP contribution in [0, 0.1) is 0 Å². The zero-order chi connectivity index (χ0) is 22.1. The molecule has 1 atom stereocenters. The number of carbonyl (C=O) groups is 1. The predicted octanol–water partition coefficient (Wildman–Crippen LogP) is 3.94. The number of carbonyl (C=O) groups excluding carboxylic acids is 1. The van der Waals surface area contributed by atoms with Gasteiger partial charge in [0.2, 0.25) is 0 Å². The second kappa shape index (κ2) is 8.53. The van der Waals surface area contributed by atoms with Gasteiger partial charge in [-0.15, -0.1) is 11.3 Å². The second-order valence-electron chi connectivity index (χ2n) is 7.33. The number of allylic oxidation sites excluding steroid dienone is 1.